The first-order valence-electron chi connectivity index (χ1n) is 5.92. The van der Waals surface area contributed by atoms with Gasteiger partial charge in [-0.2, -0.15) is 0 Å². The molecule has 2 aromatic heterocycles. The Kier molecular flexibility index (Phi) is 3.29. The van der Waals surface area contributed by atoms with Crippen LogP contribution in [-0.2, 0) is 6.42 Å². The van der Waals surface area contributed by atoms with Crippen LogP contribution >= 0.6 is 11.3 Å². The van der Waals surface area contributed by atoms with Gasteiger partial charge in [-0.3, -0.25) is 0 Å². The number of nitrogens with zero attached hydrogens (tertiary/aromatic N) is 2. The number of H-pyrrole nitrogens is 1. The number of methoxy groups -OCH3 is 1. The number of hydrogen-bond donors (Lipinski definition) is 1. The van der Waals surface area contributed by atoms with Crippen molar-refractivity contribution in [3.05, 3.63) is 53.6 Å². The summed E-state index contributed by atoms with van der Waals surface area (Å²) in [5, 5.41) is 3.09. The maximum absolute atomic E-state index is 5.15. The fourth-order valence-electron chi connectivity index (χ4n) is 1.82. The van der Waals surface area contributed by atoms with Gasteiger partial charge in [0.2, 0.25) is 0 Å². The highest BCUT2D eigenvalue weighted by Crippen LogP contribution is 2.26. The summed E-state index contributed by atoms with van der Waals surface area (Å²) >= 11 is 1.64. The first-order valence-corrected chi connectivity index (χ1v) is 6.80. The molecule has 19 heavy (non-hydrogen) atoms. The zero-order valence-electron chi connectivity index (χ0n) is 10.5. The molecule has 0 aliphatic heterocycles. The number of ether oxygens (including phenoxy) is 1. The lowest BCUT2D eigenvalue weighted by atomic mass is 10.2. The van der Waals surface area contributed by atoms with Gasteiger partial charge in [0.25, 0.3) is 0 Å². The van der Waals surface area contributed by atoms with E-state index in [-0.39, 0.29) is 0 Å². The summed E-state index contributed by atoms with van der Waals surface area (Å²) in [7, 11) is 1.67. The first kappa shape index (κ1) is 11.9. The molecule has 0 saturated carbocycles. The van der Waals surface area contributed by atoms with Gasteiger partial charge in [-0.05, 0) is 24.3 Å². The molecule has 1 N–H and O–H groups in total. The third-order valence-corrected chi connectivity index (χ3v) is 3.73. The van der Waals surface area contributed by atoms with E-state index < -0.39 is 0 Å². The third-order valence-electron chi connectivity index (χ3n) is 2.79. The molecule has 96 valence electrons. The Morgan fingerprint density at radius 3 is 2.79 bits per heavy atom. The van der Waals surface area contributed by atoms with Gasteiger partial charge in [0.1, 0.15) is 16.6 Å². The number of thiazole rings is 1. The normalized spacial score (nSPS) is 10.6. The molecule has 4 nitrogen and oxygen atoms in total. The van der Waals surface area contributed by atoms with Crippen LogP contribution in [0.5, 0.6) is 5.75 Å². The maximum Gasteiger partial charge on any atom is 0.123 e. The van der Waals surface area contributed by atoms with Crippen LogP contribution in [0.1, 0.15) is 11.5 Å². The van der Waals surface area contributed by atoms with E-state index in [9.17, 15) is 0 Å². The van der Waals surface area contributed by atoms with Gasteiger partial charge in [-0.25, -0.2) is 9.97 Å². The zero-order valence-corrected chi connectivity index (χ0v) is 11.3. The largest absolute Gasteiger partial charge is 0.497 e. The smallest absolute Gasteiger partial charge is 0.123 e. The first-order chi connectivity index (χ1) is 9.35. The fraction of sp³-hybridized carbons (Fsp3) is 0.143. The Labute approximate surface area is 115 Å². The number of aromatic nitrogens is 3. The summed E-state index contributed by atoms with van der Waals surface area (Å²) in [5.74, 6) is 1.79. The summed E-state index contributed by atoms with van der Waals surface area (Å²) in [5.41, 5.74) is 2.14. The number of benzene rings is 1. The molecule has 1 aromatic carbocycles. The van der Waals surface area contributed by atoms with Gasteiger partial charge in [0.05, 0.1) is 12.8 Å². The van der Waals surface area contributed by atoms with E-state index >= 15 is 0 Å². The van der Waals surface area contributed by atoms with Gasteiger partial charge in [0.15, 0.2) is 0 Å². The standard InChI is InChI=1S/C14H13N3OS/c1-18-12-4-2-10(3-5-12)14-17-11(9-19-14)8-13-15-6-7-16-13/h2-7,9H,8H2,1H3,(H,15,16). The topological polar surface area (TPSA) is 50.8 Å². The van der Waals surface area contributed by atoms with Crippen LogP contribution in [0, 0.1) is 0 Å². The predicted molar refractivity (Wildman–Crippen MR) is 75.5 cm³/mol. The van der Waals surface area contributed by atoms with Gasteiger partial charge < -0.3 is 9.72 Å². The van der Waals surface area contributed by atoms with Gasteiger partial charge >= 0.3 is 0 Å². The lowest BCUT2D eigenvalue weighted by Crippen LogP contribution is -1.90. The molecule has 2 heterocycles. The quantitative estimate of drug-likeness (QED) is 0.793. The zero-order chi connectivity index (χ0) is 13.1. The van der Waals surface area contributed by atoms with Crippen molar-refractivity contribution in [3.8, 4) is 16.3 Å². The minimum atomic E-state index is 0.736. The van der Waals surface area contributed by atoms with Crippen molar-refractivity contribution in [1.29, 1.82) is 0 Å². The van der Waals surface area contributed by atoms with E-state index in [4.69, 9.17) is 4.74 Å². The lowest BCUT2D eigenvalue weighted by Gasteiger charge is -2.00. The Balaban J connectivity index is 1.80. The Morgan fingerprint density at radius 2 is 2.11 bits per heavy atom. The van der Waals surface area contributed by atoms with E-state index in [0.29, 0.717) is 0 Å². The van der Waals surface area contributed by atoms with E-state index in [2.05, 4.69) is 20.3 Å². The van der Waals surface area contributed by atoms with Crippen molar-refractivity contribution in [3.63, 3.8) is 0 Å². The summed E-state index contributed by atoms with van der Waals surface area (Å²) in [6.07, 6.45) is 4.32. The number of hydrogen-bond acceptors (Lipinski definition) is 4. The van der Waals surface area contributed by atoms with Crippen molar-refractivity contribution in [2.24, 2.45) is 0 Å². The lowest BCUT2D eigenvalue weighted by molar-refractivity contribution is 0.415. The molecular weight excluding hydrogens is 258 g/mol. The van der Waals surface area contributed by atoms with Crippen molar-refractivity contribution in [2.75, 3.05) is 7.11 Å². The minimum Gasteiger partial charge on any atom is -0.497 e. The van der Waals surface area contributed by atoms with Crippen LogP contribution < -0.4 is 4.74 Å². The molecule has 0 saturated heterocycles. The van der Waals surface area contributed by atoms with Crippen LogP contribution in [0.15, 0.2) is 42.0 Å². The summed E-state index contributed by atoms with van der Waals surface area (Å²) in [4.78, 5) is 11.9. The van der Waals surface area contributed by atoms with E-state index in [1.54, 1.807) is 24.6 Å². The monoisotopic (exact) mass is 271 g/mol. The van der Waals surface area contributed by atoms with Gasteiger partial charge in [-0.15, -0.1) is 11.3 Å². The molecule has 0 aliphatic carbocycles. The highest BCUT2D eigenvalue weighted by Gasteiger charge is 2.06. The van der Waals surface area contributed by atoms with E-state index in [1.165, 1.54) is 0 Å². The number of nitrogens with one attached hydrogen (secondary N) is 1. The second-order valence-electron chi connectivity index (χ2n) is 4.09. The molecule has 0 atom stereocenters. The Hall–Kier alpha value is -2.14. The Morgan fingerprint density at radius 1 is 1.26 bits per heavy atom. The van der Waals surface area contributed by atoms with Crippen LogP contribution in [0.2, 0.25) is 0 Å². The summed E-state index contributed by atoms with van der Waals surface area (Å²) in [6, 6.07) is 7.94. The predicted octanol–water partition coefficient (Wildman–Crippen LogP) is 3.13. The molecule has 3 rings (SSSR count). The molecule has 0 amide bonds. The van der Waals surface area contributed by atoms with Gasteiger partial charge in [-0.1, -0.05) is 0 Å². The second-order valence-corrected chi connectivity index (χ2v) is 4.94. The van der Waals surface area contributed by atoms with Gasteiger partial charge in [0, 0.05) is 29.8 Å². The van der Waals surface area contributed by atoms with Crippen molar-refractivity contribution < 1.29 is 4.74 Å². The average molecular weight is 271 g/mol. The molecule has 0 fully saturated rings. The SMILES string of the molecule is COc1ccc(-c2nc(Cc3ncc[nH]3)cs2)cc1. The molecule has 0 spiro atoms. The molecule has 0 unspecified atom stereocenters. The highest BCUT2D eigenvalue weighted by atomic mass is 32.1. The Bertz CT molecular complexity index is 644. The molecule has 3 aromatic rings. The fourth-order valence-corrected chi connectivity index (χ4v) is 2.65. The number of imidazole rings is 1. The average Bonchev–Trinajstić information content (AvgIpc) is 3.11. The highest BCUT2D eigenvalue weighted by molar-refractivity contribution is 7.13. The van der Waals surface area contributed by atoms with Crippen LogP contribution in [0.25, 0.3) is 10.6 Å². The third kappa shape index (κ3) is 2.66. The summed E-state index contributed by atoms with van der Waals surface area (Å²) in [6.45, 7) is 0. The van der Waals surface area contributed by atoms with Crippen molar-refractivity contribution >= 4 is 11.3 Å². The van der Waals surface area contributed by atoms with E-state index in [0.717, 1.165) is 34.3 Å². The van der Waals surface area contributed by atoms with E-state index in [1.807, 2.05) is 30.5 Å². The number of aromatic amines is 1. The van der Waals surface area contributed by atoms with Crippen LogP contribution in [0.4, 0.5) is 0 Å². The summed E-state index contributed by atoms with van der Waals surface area (Å²) < 4.78 is 5.15. The minimum absolute atomic E-state index is 0.736. The molecule has 5 heteroatoms. The molecular formula is C14H13N3OS. The molecule has 0 bridgehead atoms. The van der Waals surface area contributed by atoms with Crippen LogP contribution in [-0.4, -0.2) is 22.1 Å². The second kappa shape index (κ2) is 5.24. The number of rotatable bonds is 4. The van der Waals surface area contributed by atoms with Crippen molar-refractivity contribution in [2.45, 2.75) is 6.42 Å². The van der Waals surface area contributed by atoms with Crippen molar-refractivity contribution in [1.82, 2.24) is 15.0 Å². The van der Waals surface area contributed by atoms with Crippen LogP contribution in [0.3, 0.4) is 0 Å². The molecule has 0 radical (unpaired) electrons. The molecule has 0 aliphatic rings. The maximum atomic E-state index is 5.15.